The Morgan fingerprint density at radius 1 is 0.527 bits per heavy atom. The molecule has 0 amide bonds. The summed E-state index contributed by atoms with van der Waals surface area (Å²) < 4.78 is 109. The van der Waals surface area contributed by atoms with Gasteiger partial charge in [0.1, 0.15) is 153 Å². The van der Waals surface area contributed by atoms with Gasteiger partial charge in [0.2, 0.25) is 0 Å². The van der Waals surface area contributed by atoms with Crippen molar-refractivity contribution in [3.63, 3.8) is 0 Å². The van der Waals surface area contributed by atoms with Crippen molar-refractivity contribution < 1.29 is 211 Å². The molecule has 6 heterocycles. The summed E-state index contributed by atoms with van der Waals surface area (Å²) in [6, 6.07) is 0. The molecule has 0 aromatic heterocycles. The van der Waals surface area contributed by atoms with E-state index in [9.17, 15) is 141 Å². The van der Waals surface area contributed by atoms with Crippen LogP contribution in [-0.4, -0.2) is 389 Å². The molecular weight excluding hydrogens is 1300 g/mol. The van der Waals surface area contributed by atoms with Crippen LogP contribution in [0.4, 0.5) is 0 Å². The van der Waals surface area contributed by atoms with Crippen LogP contribution < -0.4 is 5.73 Å². The lowest BCUT2D eigenvalue weighted by Crippen LogP contribution is -2.71. The number of aliphatic hydroxyl groups excluding tert-OH is 19. The molecule has 6 fully saturated rings. The minimum Gasteiger partial charge on any atom is -0.477 e. The number of phosphoric acid groups is 2. The summed E-state index contributed by atoms with van der Waals surface area (Å²) in [4.78, 5) is 55.6. The van der Waals surface area contributed by atoms with Gasteiger partial charge < -0.3 is 184 Å². The number of rotatable bonds is 29. The van der Waals surface area contributed by atoms with Crippen molar-refractivity contribution in [1.82, 2.24) is 0 Å². The van der Waals surface area contributed by atoms with Gasteiger partial charge in [-0.25, -0.2) is 13.9 Å². The van der Waals surface area contributed by atoms with Gasteiger partial charge in [0.05, 0.1) is 46.2 Å². The quantitative estimate of drug-likeness (QED) is 0.0244. The number of hydrogen-bond acceptors (Lipinski definition) is 40. The summed E-state index contributed by atoms with van der Waals surface area (Å²) in [5.74, 6) is -7.14. The Kier molecular flexibility index (Phi) is 28.2. The zero-order valence-corrected chi connectivity index (χ0v) is 49.1. The summed E-state index contributed by atoms with van der Waals surface area (Å²) >= 11 is 0. The van der Waals surface area contributed by atoms with E-state index < -0.39 is 289 Å². The number of phosphoric ester groups is 2. The number of aliphatic carboxylic acids is 1. The van der Waals surface area contributed by atoms with Crippen LogP contribution in [-0.2, 0) is 89.1 Å². The predicted octanol–water partition coefficient (Wildman–Crippen LogP) is -15.4. The fourth-order valence-corrected chi connectivity index (χ4v) is 12.1. The maximum absolute atomic E-state index is 13.2. The van der Waals surface area contributed by atoms with Crippen molar-refractivity contribution in [1.29, 1.82) is 0 Å². The van der Waals surface area contributed by atoms with Gasteiger partial charge in [0, 0.05) is 19.9 Å². The molecule has 0 aromatic carbocycles. The van der Waals surface area contributed by atoms with Crippen LogP contribution in [0.2, 0.25) is 0 Å². The fraction of sp³-hybridized carbons (Fsp3) is 0.956. The second-order valence-electron chi connectivity index (χ2n) is 21.5. The highest BCUT2D eigenvalue weighted by Gasteiger charge is 2.63. The Morgan fingerprint density at radius 3 is 1.48 bits per heavy atom. The summed E-state index contributed by atoms with van der Waals surface area (Å²) in [7, 11) is -11.4. The Labute approximate surface area is 511 Å². The third-order valence-corrected chi connectivity index (χ3v) is 16.7. The molecule has 91 heavy (non-hydrogen) atoms. The lowest BCUT2D eigenvalue weighted by molar-refractivity contribution is -0.419. The summed E-state index contributed by atoms with van der Waals surface area (Å²) in [5, 5.41) is 229. The van der Waals surface area contributed by atoms with E-state index in [0.29, 0.717) is 0 Å². The zero-order valence-electron chi connectivity index (χ0n) is 47.3. The molecule has 0 radical (unpaired) electrons. The van der Waals surface area contributed by atoms with Crippen molar-refractivity contribution in [2.45, 2.75) is 215 Å². The number of esters is 1. The van der Waals surface area contributed by atoms with Crippen molar-refractivity contribution in [3.8, 4) is 0 Å². The van der Waals surface area contributed by atoms with Crippen LogP contribution >= 0.6 is 15.6 Å². The third-order valence-electron chi connectivity index (χ3n) is 15.1. The summed E-state index contributed by atoms with van der Waals surface area (Å²) in [5.41, 5.74) is 5.39. The van der Waals surface area contributed by atoms with Crippen LogP contribution in [0.25, 0.3) is 0 Å². The number of hydrogen-bond donors (Lipinski definition) is 25. The number of nitrogens with two attached hydrogens (primary N) is 1. The lowest BCUT2D eigenvalue weighted by atomic mass is 9.91. The molecule has 532 valence electrons. The number of carboxylic acid groups (broad SMARTS) is 1. The molecule has 0 saturated carbocycles. The molecule has 0 aromatic rings. The molecular formula is C45H79NO43P2. The van der Waals surface area contributed by atoms with E-state index >= 15 is 0 Å². The van der Waals surface area contributed by atoms with Gasteiger partial charge in [0.25, 0.3) is 5.79 Å². The number of aliphatic hydroxyl groups is 20. The topological polar surface area (TPSA) is 718 Å². The Bertz CT molecular complexity index is 2390. The zero-order chi connectivity index (χ0) is 68.1. The molecule has 26 N–H and O–H groups in total. The van der Waals surface area contributed by atoms with Crippen LogP contribution in [0.15, 0.2) is 0 Å². The molecule has 0 bridgehead atoms. The smallest absolute Gasteiger partial charge is 0.472 e. The first-order valence-corrected chi connectivity index (χ1v) is 30.5. The monoisotopic (exact) mass is 1380 g/mol. The van der Waals surface area contributed by atoms with Gasteiger partial charge in [0.15, 0.2) is 43.7 Å². The second-order valence-corrected chi connectivity index (χ2v) is 24.1. The number of carboxylic acids is 1. The molecule has 44 nitrogen and oxygen atoms in total. The molecule has 46 heteroatoms. The standard InChI is InChI=1S/C45H79NO43P2/c1-11(53)76-34-27(65)29(12(54)5-47)79-43(38(34)86-40-26(64)22(60)20(58)17(9-51)78-40)84-36-24(62)23(61)32(18(10-52)89-91(73,74)75-3-2-46)81-42(36)83-35-28(66)41(80-30(13(55)6-48)37(35)85-39-25(63)21(59)19(57)16(8-50)77-39)82-33-15(88-90(70,71)72)4-45(69,44(67)68)87-31(33)14(56)7-49/h12-43,47-52,54-66,69H,2-10,46H2,1H3,(H,67,68)(H,73,74)(H2,70,71,72)/t12-,13-,14+,15+,16+,17+,18-,19+,20-,21-,22-,23-,24-,25+,26+,27+,28-,29+,30+,31+,32+,33+,34-,35+,36-,37+,38-,39-,40-,41+,42+,43+,45+/m0/s1. The van der Waals surface area contributed by atoms with E-state index in [2.05, 4.69) is 0 Å². The van der Waals surface area contributed by atoms with E-state index in [-0.39, 0.29) is 0 Å². The molecule has 34 atom stereocenters. The van der Waals surface area contributed by atoms with Crippen molar-refractivity contribution in [3.05, 3.63) is 0 Å². The van der Waals surface area contributed by atoms with E-state index in [1.807, 2.05) is 0 Å². The SMILES string of the molecule is CC(=O)O[C@H]1[C@H](O)[C@@H]([C@@H](O)CO)O[C@H](O[C@@H]2[C@@H](O[C@@H]3[C@H](O)[C@@H](O[C@H]4[C@@H]([C@H](O)CO)O[C@@](O)(C(=O)O)C[C@H]4OP(=O)(O)O)O[C@H]([C@@H](O)CO)[C@H]3O[C@@H]3O[C@H](CO)[C@@H](O)[C@H](O)[C@H]3O)O[C@H]([C@H](CO)OP(=O)(O)OCCN)[C@@H](O)[C@@H]2O)[C@H]1O[C@@H]1O[C@H](CO)[C@H](O)[C@H](O)[C@H]1O. The number of ether oxygens (including phenoxy) is 12. The predicted molar refractivity (Wildman–Crippen MR) is 273 cm³/mol. The lowest BCUT2D eigenvalue weighted by Gasteiger charge is -2.52. The first-order chi connectivity index (χ1) is 42.6. The molecule has 0 aliphatic carbocycles. The van der Waals surface area contributed by atoms with E-state index in [1.54, 1.807) is 0 Å². The maximum Gasteiger partial charge on any atom is 0.472 e. The maximum atomic E-state index is 13.2. The number of carbonyl (C=O) groups excluding carboxylic acids is 1. The molecule has 6 aliphatic heterocycles. The van der Waals surface area contributed by atoms with Crippen LogP contribution in [0, 0.1) is 0 Å². The van der Waals surface area contributed by atoms with Gasteiger partial charge in [-0.05, 0) is 0 Å². The van der Waals surface area contributed by atoms with Gasteiger partial charge in [-0.3, -0.25) is 18.4 Å². The Balaban J connectivity index is 1.57. The largest absolute Gasteiger partial charge is 0.477 e. The van der Waals surface area contributed by atoms with E-state index in [0.717, 1.165) is 6.92 Å². The van der Waals surface area contributed by atoms with Gasteiger partial charge in [-0.2, -0.15) is 0 Å². The van der Waals surface area contributed by atoms with Crippen LogP contribution in [0.1, 0.15) is 13.3 Å². The average molecular weight is 1380 g/mol. The normalized spacial score (nSPS) is 44.7. The molecule has 6 rings (SSSR count). The van der Waals surface area contributed by atoms with Crippen molar-refractivity contribution in [2.24, 2.45) is 5.73 Å². The minimum atomic E-state index is -5.92. The van der Waals surface area contributed by atoms with Gasteiger partial charge >= 0.3 is 27.6 Å². The van der Waals surface area contributed by atoms with Crippen LogP contribution in [0.5, 0.6) is 0 Å². The highest BCUT2D eigenvalue weighted by atomic mass is 31.2. The van der Waals surface area contributed by atoms with E-state index in [1.165, 1.54) is 0 Å². The molecule has 0 spiro atoms. The van der Waals surface area contributed by atoms with Gasteiger partial charge in [-0.1, -0.05) is 0 Å². The molecule has 6 saturated heterocycles. The van der Waals surface area contributed by atoms with Crippen molar-refractivity contribution >= 4 is 27.6 Å². The van der Waals surface area contributed by atoms with E-state index in [4.69, 9.17) is 76.1 Å². The third kappa shape index (κ3) is 18.2. The minimum absolute atomic E-state index is 0.432. The summed E-state index contributed by atoms with van der Waals surface area (Å²) in [6.45, 7) is -8.39. The average Bonchev–Trinajstić information content (AvgIpc) is 0.778. The second kappa shape index (κ2) is 33.0. The van der Waals surface area contributed by atoms with Crippen molar-refractivity contribution in [2.75, 3.05) is 52.8 Å². The first-order valence-electron chi connectivity index (χ1n) is 27.5. The highest BCUT2D eigenvalue weighted by molar-refractivity contribution is 7.47. The number of carbonyl (C=O) groups is 2. The summed E-state index contributed by atoms with van der Waals surface area (Å²) in [6.07, 6.45) is -79.8. The van der Waals surface area contributed by atoms with Gasteiger partial charge in [-0.15, -0.1) is 0 Å². The first kappa shape index (κ1) is 77.9. The molecule has 6 aliphatic rings. The highest BCUT2D eigenvalue weighted by Crippen LogP contribution is 2.48. The van der Waals surface area contributed by atoms with Crippen LogP contribution in [0.3, 0.4) is 0 Å². The Hall–Kier alpha value is -2.12. The fourth-order valence-electron chi connectivity index (χ4n) is 10.6. The molecule has 1 unspecified atom stereocenters. The Morgan fingerprint density at radius 2 is 0.989 bits per heavy atom.